The number of amides is 1. The molecular weight excluding hydrogens is 350 g/mol. The normalized spacial score (nSPS) is 23.4. The summed E-state index contributed by atoms with van der Waals surface area (Å²) in [6, 6.07) is 0. The average molecular weight is 388 g/mol. The fourth-order valence-corrected chi connectivity index (χ4v) is 4.53. The lowest BCUT2D eigenvalue weighted by atomic mass is 9.67. The average Bonchev–Trinajstić information content (AvgIpc) is 2.63. The molecule has 6 heteroatoms. The van der Waals surface area contributed by atoms with Crippen LogP contribution in [0.3, 0.4) is 0 Å². The minimum absolute atomic E-state index is 0.0305. The number of carbonyl (C=O) groups is 1. The van der Waals surface area contributed by atoms with Gasteiger partial charge in [-0.25, -0.2) is 4.98 Å². The van der Waals surface area contributed by atoms with Crippen LogP contribution in [0, 0.1) is 16.7 Å². The number of aryl methyl sites for hydroxylation is 2. The monoisotopic (exact) mass is 387 g/mol. The predicted molar refractivity (Wildman–Crippen MR) is 112 cm³/mol. The van der Waals surface area contributed by atoms with Gasteiger partial charge in [0, 0.05) is 30.5 Å². The van der Waals surface area contributed by atoms with Gasteiger partial charge in [-0.2, -0.15) is 5.10 Å². The van der Waals surface area contributed by atoms with Crippen LogP contribution in [0.5, 0.6) is 0 Å². The van der Waals surface area contributed by atoms with Crippen molar-refractivity contribution in [1.29, 1.82) is 0 Å². The van der Waals surface area contributed by atoms with Crippen LogP contribution < -0.4 is 10.2 Å². The van der Waals surface area contributed by atoms with Crippen molar-refractivity contribution in [2.45, 2.75) is 79.6 Å². The fraction of sp³-hybridized carbons (Fsp3) is 0.818. The molecule has 1 atom stereocenters. The predicted octanol–water partition coefficient (Wildman–Crippen LogP) is 3.55. The zero-order valence-electron chi connectivity index (χ0n) is 18.3. The van der Waals surface area contributed by atoms with Crippen LogP contribution in [0.25, 0.3) is 0 Å². The third-order valence-electron chi connectivity index (χ3n) is 6.95. The number of nitrogens with one attached hydrogen (secondary N) is 1. The summed E-state index contributed by atoms with van der Waals surface area (Å²) >= 11 is 0. The fourth-order valence-electron chi connectivity index (χ4n) is 4.53. The van der Waals surface area contributed by atoms with Gasteiger partial charge in [-0.05, 0) is 44.4 Å². The number of rotatable bonds is 7. The van der Waals surface area contributed by atoms with E-state index in [1.54, 1.807) is 0 Å². The van der Waals surface area contributed by atoms with Crippen molar-refractivity contribution in [2.24, 2.45) is 16.7 Å². The number of carbonyl (C=O) groups excluding carboxylic acids is 1. The molecule has 1 amide bonds. The summed E-state index contributed by atoms with van der Waals surface area (Å²) in [5.41, 5.74) is 1.82. The molecule has 1 aromatic rings. The van der Waals surface area contributed by atoms with Gasteiger partial charge in [-0.1, -0.05) is 41.0 Å². The Bertz CT molecular complexity index is 700. The second-order valence-electron chi connectivity index (χ2n) is 9.58. The van der Waals surface area contributed by atoms with Crippen LogP contribution in [0.2, 0.25) is 0 Å². The molecule has 3 rings (SSSR count). The molecular formula is C22H37N5O. The highest BCUT2D eigenvalue weighted by molar-refractivity contribution is 5.82. The van der Waals surface area contributed by atoms with E-state index in [1.807, 2.05) is 0 Å². The quantitative estimate of drug-likeness (QED) is 0.775. The molecule has 2 heterocycles. The molecule has 0 spiro atoms. The number of hydrogen-bond acceptors (Lipinski definition) is 5. The molecule has 1 aliphatic heterocycles. The maximum absolute atomic E-state index is 12.8. The number of hydrogen-bond donors (Lipinski definition) is 1. The topological polar surface area (TPSA) is 71.0 Å². The molecule has 2 fully saturated rings. The van der Waals surface area contributed by atoms with Crippen molar-refractivity contribution in [1.82, 2.24) is 20.5 Å². The summed E-state index contributed by atoms with van der Waals surface area (Å²) < 4.78 is 0. The maximum Gasteiger partial charge on any atom is 0.245 e. The van der Waals surface area contributed by atoms with Crippen LogP contribution >= 0.6 is 0 Å². The van der Waals surface area contributed by atoms with Gasteiger partial charge in [-0.3, -0.25) is 4.79 Å². The van der Waals surface area contributed by atoms with Crippen molar-refractivity contribution >= 4 is 11.9 Å². The van der Waals surface area contributed by atoms with Gasteiger partial charge in [0.05, 0.1) is 11.4 Å². The van der Waals surface area contributed by atoms with Crippen molar-refractivity contribution in [3.8, 4) is 0 Å². The molecule has 1 unspecified atom stereocenters. The van der Waals surface area contributed by atoms with E-state index in [9.17, 15) is 4.79 Å². The van der Waals surface area contributed by atoms with Gasteiger partial charge in [0.1, 0.15) is 0 Å². The number of piperidine rings is 1. The van der Waals surface area contributed by atoms with Crippen LogP contribution in [0.15, 0.2) is 0 Å². The molecule has 6 nitrogen and oxygen atoms in total. The first-order valence-electron chi connectivity index (χ1n) is 11.0. The van der Waals surface area contributed by atoms with E-state index in [1.165, 1.54) is 19.3 Å². The van der Waals surface area contributed by atoms with E-state index in [0.717, 1.165) is 56.1 Å². The lowest BCUT2D eigenvalue weighted by molar-refractivity contribution is -0.134. The molecule has 1 aromatic heterocycles. The van der Waals surface area contributed by atoms with E-state index < -0.39 is 0 Å². The highest BCUT2D eigenvalue weighted by Gasteiger charge is 2.41. The molecule has 0 bridgehead atoms. The Kier molecular flexibility index (Phi) is 6.25. The van der Waals surface area contributed by atoms with Crippen molar-refractivity contribution in [2.75, 3.05) is 24.5 Å². The first kappa shape index (κ1) is 21.0. The summed E-state index contributed by atoms with van der Waals surface area (Å²) in [7, 11) is 0. The number of anilines is 1. The first-order valence-corrected chi connectivity index (χ1v) is 11.0. The number of nitrogens with zero attached hydrogens (tertiary/aromatic N) is 4. The van der Waals surface area contributed by atoms with Gasteiger partial charge in [0.2, 0.25) is 11.9 Å². The molecule has 1 saturated heterocycles. The molecule has 28 heavy (non-hydrogen) atoms. The van der Waals surface area contributed by atoms with Crippen LogP contribution in [-0.2, 0) is 17.6 Å². The Morgan fingerprint density at radius 2 is 1.89 bits per heavy atom. The number of aromatic nitrogens is 3. The van der Waals surface area contributed by atoms with E-state index >= 15 is 0 Å². The van der Waals surface area contributed by atoms with Gasteiger partial charge in [-0.15, -0.1) is 5.10 Å². The minimum Gasteiger partial charge on any atom is -0.355 e. The Balaban J connectivity index is 1.64. The summed E-state index contributed by atoms with van der Waals surface area (Å²) in [6.07, 6.45) is 7.56. The van der Waals surface area contributed by atoms with Gasteiger partial charge in [0.15, 0.2) is 0 Å². The molecule has 156 valence electrons. The highest BCUT2D eigenvalue weighted by Crippen LogP contribution is 2.42. The standard InChI is InChI=1S/C22H37N5O/c1-6-17-18(7-2)25-26-20(24-17)27-13-9-12-22(5,15-27)14-23-19(28)21(3,4)16-10-8-11-16/h16H,6-15H2,1-5H3,(H,23,28). The molecule has 0 radical (unpaired) electrons. The van der Waals surface area contributed by atoms with E-state index in [0.29, 0.717) is 12.5 Å². The Morgan fingerprint density at radius 3 is 2.50 bits per heavy atom. The second kappa shape index (κ2) is 8.34. The molecule has 1 aliphatic carbocycles. The van der Waals surface area contributed by atoms with Crippen molar-refractivity contribution in [3.63, 3.8) is 0 Å². The third-order valence-corrected chi connectivity index (χ3v) is 6.95. The molecule has 0 aromatic carbocycles. The minimum atomic E-state index is -0.262. The summed E-state index contributed by atoms with van der Waals surface area (Å²) in [4.78, 5) is 19.9. The van der Waals surface area contributed by atoms with Gasteiger partial charge in [0.25, 0.3) is 0 Å². The Morgan fingerprint density at radius 1 is 1.18 bits per heavy atom. The molecule has 1 N–H and O–H groups in total. The lowest BCUT2D eigenvalue weighted by Crippen LogP contribution is -2.51. The van der Waals surface area contributed by atoms with Crippen LogP contribution in [0.1, 0.15) is 78.1 Å². The van der Waals surface area contributed by atoms with Gasteiger partial charge < -0.3 is 10.2 Å². The maximum atomic E-state index is 12.8. The van der Waals surface area contributed by atoms with Crippen LogP contribution in [0.4, 0.5) is 5.95 Å². The SMILES string of the molecule is CCc1nnc(N2CCCC(C)(CNC(=O)C(C)(C)C3CCC3)C2)nc1CC. The molecule has 2 aliphatic rings. The lowest BCUT2D eigenvalue weighted by Gasteiger charge is -2.42. The summed E-state index contributed by atoms with van der Waals surface area (Å²) in [6.45, 7) is 13.2. The van der Waals surface area contributed by atoms with E-state index in [-0.39, 0.29) is 16.7 Å². The zero-order valence-corrected chi connectivity index (χ0v) is 18.3. The highest BCUT2D eigenvalue weighted by atomic mass is 16.2. The second-order valence-corrected chi connectivity index (χ2v) is 9.58. The van der Waals surface area contributed by atoms with Gasteiger partial charge >= 0.3 is 0 Å². The van der Waals surface area contributed by atoms with E-state index in [2.05, 4.69) is 55.0 Å². The Hall–Kier alpha value is -1.72. The zero-order chi connectivity index (χ0) is 20.4. The smallest absolute Gasteiger partial charge is 0.245 e. The largest absolute Gasteiger partial charge is 0.355 e. The summed E-state index contributed by atoms with van der Waals surface area (Å²) in [5.74, 6) is 1.47. The first-order chi connectivity index (χ1) is 13.3. The van der Waals surface area contributed by atoms with Crippen molar-refractivity contribution in [3.05, 3.63) is 11.4 Å². The molecule has 1 saturated carbocycles. The van der Waals surface area contributed by atoms with E-state index in [4.69, 9.17) is 4.98 Å². The Labute approximate surface area is 169 Å². The third kappa shape index (κ3) is 4.31. The van der Waals surface area contributed by atoms with Crippen LogP contribution in [-0.4, -0.2) is 40.7 Å². The van der Waals surface area contributed by atoms with Crippen molar-refractivity contribution < 1.29 is 4.79 Å². The summed E-state index contributed by atoms with van der Waals surface area (Å²) in [5, 5.41) is 12.1.